The first-order valence-corrected chi connectivity index (χ1v) is 5.92. The smallest absolute Gasteiger partial charge is 0.377 e. The molecule has 22 heavy (non-hydrogen) atoms. The average Bonchev–Trinajstić information content (AvgIpc) is 2.75. The van der Waals surface area contributed by atoms with Crippen LogP contribution in [0.3, 0.4) is 0 Å². The van der Waals surface area contributed by atoms with E-state index in [0.29, 0.717) is 0 Å². The summed E-state index contributed by atoms with van der Waals surface area (Å²) in [4.78, 5) is 20.8. The lowest BCUT2D eigenvalue weighted by atomic mass is 10.2. The van der Waals surface area contributed by atoms with Crippen molar-refractivity contribution in [2.24, 2.45) is 0 Å². The molecule has 0 unspecified atom stereocenters. The summed E-state index contributed by atoms with van der Waals surface area (Å²) in [6.07, 6.45) is -2.78. The van der Waals surface area contributed by atoms with Gasteiger partial charge in [0.1, 0.15) is 17.4 Å². The van der Waals surface area contributed by atoms with E-state index in [1.807, 2.05) is 0 Å². The summed E-state index contributed by atoms with van der Waals surface area (Å²) in [7, 11) is 0. The van der Waals surface area contributed by atoms with Crippen LogP contribution in [0, 0.1) is 0 Å². The van der Waals surface area contributed by atoms with Crippen molar-refractivity contribution in [1.82, 2.24) is 0 Å². The molecule has 0 amide bonds. The van der Waals surface area contributed by atoms with Crippen molar-refractivity contribution in [3.63, 3.8) is 0 Å². The van der Waals surface area contributed by atoms with Crippen LogP contribution in [0.5, 0.6) is 5.75 Å². The molecule has 1 aromatic carbocycles. The van der Waals surface area contributed by atoms with Gasteiger partial charge in [-0.3, -0.25) is 0 Å². The first-order chi connectivity index (χ1) is 10.3. The number of aliphatic hydroxyl groups excluding tert-OH is 4. The highest BCUT2D eigenvalue weighted by atomic mass is 16.6. The number of carboxylic acid groups (broad SMARTS) is 1. The Morgan fingerprint density at radius 2 is 1.82 bits per heavy atom. The van der Waals surface area contributed by atoms with E-state index in [4.69, 9.17) is 30.6 Å². The van der Waals surface area contributed by atoms with Crippen LogP contribution < -0.4 is 0 Å². The van der Waals surface area contributed by atoms with Crippen LogP contribution in [0.15, 0.2) is 35.8 Å². The second-order valence-electron chi connectivity index (χ2n) is 4.13. The second kappa shape index (κ2) is 7.29. The molecule has 120 valence electrons. The predicted molar refractivity (Wildman–Crippen MR) is 70.3 cm³/mol. The molecule has 6 N–H and O–H groups in total. The van der Waals surface area contributed by atoms with Crippen LogP contribution in [0.4, 0.5) is 0 Å². The number of hydrogen-bond acceptors (Lipinski definition) is 8. The number of carbonyl (C=O) groups is 2. The lowest BCUT2D eigenvalue weighted by Crippen LogP contribution is -2.31. The SMILES string of the molecule is O=C(O)c1ccccc1O.O=C1O[C@H]([C@@H](O)CO)C(O)=C1O. The molecule has 0 bridgehead atoms. The third-order valence-electron chi connectivity index (χ3n) is 2.61. The summed E-state index contributed by atoms with van der Waals surface area (Å²) in [5, 5.41) is 52.4. The number of para-hydroxylation sites is 1. The van der Waals surface area contributed by atoms with Crippen molar-refractivity contribution in [2.75, 3.05) is 6.61 Å². The van der Waals surface area contributed by atoms with E-state index in [1.165, 1.54) is 12.1 Å². The minimum atomic E-state index is -1.42. The number of aromatic hydroxyl groups is 1. The lowest BCUT2D eigenvalue weighted by molar-refractivity contribution is -0.147. The maximum atomic E-state index is 10.5. The molecule has 9 heteroatoms. The number of carboxylic acids is 1. The molecule has 0 fully saturated rings. The third kappa shape index (κ3) is 3.87. The van der Waals surface area contributed by atoms with Crippen molar-refractivity contribution in [3.05, 3.63) is 41.3 Å². The van der Waals surface area contributed by atoms with Crippen LogP contribution in [0.25, 0.3) is 0 Å². The number of cyclic esters (lactones) is 1. The van der Waals surface area contributed by atoms with Gasteiger partial charge in [0, 0.05) is 0 Å². The third-order valence-corrected chi connectivity index (χ3v) is 2.61. The van der Waals surface area contributed by atoms with Gasteiger partial charge < -0.3 is 35.4 Å². The van der Waals surface area contributed by atoms with Gasteiger partial charge in [-0.25, -0.2) is 9.59 Å². The Balaban J connectivity index is 0.000000224. The summed E-state index contributed by atoms with van der Waals surface area (Å²) in [6.45, 7) is -0.671. The number of ether oxygens (including phenoxy) is 1. The molecule has 1 aliphatic heterocycles. The first kappa shape index (κ1) is 17.3. The summed E-state index contributed by atoms with van der Waals surface area (Å²) >= 11 is 0. The van der Waals surface area contributed by atoms with Gasteiger partial charge in [0.25, 0.3) is 0 Å². The minimum Gasteiger partial charge on any atom is -0.507 e. The Labute approximate surface area is 123 Å². The number of aromatic carboxylic acids is 1. The molecule has 0 aromatic heterocycles. The zero-order valence-electron chi connectivity index (χ0n) is 11.1. The van der Waals surface area contributed by atoms with Gasteiger partial charge in [-0.15, -0.1) is 0 Å². The number of esters is 1. The van der Waals surface area contributed by atoms with Gasteiger partial charge in [-0.2, -0.15) is 0 Å². The molecule has 0 saturated heterocycles. The number of aliphatic hydroxyl groups is 4. The molecule has 2 atom stereocenters. The van der Waals surface area contributed by atoms with Crippen LogP contribution in [0.1, 0.15) is 10.4 Å². The molecule has 0 aliphatic carbocycles. The van der Waals surface area contributed by atoms with Gasteiger partial charge in [0.05, 0.1) is 6.61 Å². The van der Waals surface area contributed by atoms with E-state index in [1.54, 1.807) is 12.1 Å². The van der Waals surface area contributed by atoms with Gasteiger partial charge in [0.2, 0.25) is 5.76 Å². The summed E-state index contributed by atoms with van der Waals surface area (Å²) < 4.78 is 4.32. The van der Waals surface area contributed by atoms with Gasteiger partial charge in [-0.05, 0) is 12.1 Å². The Hall–Kier alpha value is -2.78. The van der Waals surface area contributed by atoms with Crippen LogP contribution >= 0.6 is 0 Å². The Kier molecular flexibility index (Phi) is 5.72. The second-order valence-corrected chi connectivity index (χ2v) is 4.13. The van der Waals surface area contributed by atoms with Crippen LogP contribution in [-0.2, 0) is 9.53 Å². The van der Waals surface area contributed by atoms with Gasteiger partial charge in [0.15, 0.2) is 11.9 Å². The fourth-order valence-corrected chi connectivity index (χ4v) is 1.48. The zero-order chi connectivity index (χ0) is 16.9. The number of benzene rings is 1. The van der Waals surface area contributed by atoms with E-state index in [-0.39, 0.29) is 11.3 Å². The van der Waals surface area contributed by atoms with Crippen LogP contribution in [-0.4, -0.2) is 61.4 Å². The van der Waals surface area contributed by atoms with Gasteiger partial charge >= 0.3 is 11.9 Å². The number of rotatable bonds is 3. The fourth-order valence-electron chi connectivity index (χ4n) is 1.48. The maximum absolute atomic E-state index is 10.5. The molecule has 1 heterocycles. The predicted octanol–water partition coefficient (Wildman–Crippen LogP) is -0.317. The highest BCUT2D eigenvalue weighted by Crippen LogP contribution is 2.20. The molecular formula is C13H14O9. The molecule has 1 aliphatic rings. The van der Waals surface area contributed by atoms with E-state index < -0.39 is 42.3 Å². The van der Waals surface area contributed by atoms with Crippen molar-refractivity contribution in [3.8, 4) is 5.75 Å². The number of phenols is 1. The summed E-state index contributed by atoms with van der Waals surface area (Å²) in [5.74, 6) is -4.09. The van der Waals surface area contributed by atoms with E-state index in [9.17, 15) is 9.59 Å². The van der Waals surface area contributed by atoms with Crippen molar-refractivity contribution in [1.29, 1.82) is 0 Å². The van der Waals surface area contributed by atoms with Crippen molar-refractivity contribution in [2.45, 2.75) is 12.2 Å². The largest absolute Gasteiger partial charge is 0.507 e. The number of carbonyl (C=O) groups excluding carboxylic acids is 1. The van der Waals surface area contributed by atoms with E-state index in [2.05, 4.69) is 4.74 Å². The topological polar surface area (TPSA) is 165 Å². The first-order valence-electron chi connectivity index (χ1n) is 5.92. The quantitative estimate of drug-likeness (QED) is 0.410. The highest BCUT2D eigenvalue weighted by molar-refractivity contribution is 5.90. The monoisotopic (exact) mass is 314 g/mol. The molecular weight excluding hydrogens is 300 g/mol. The summed E-state index contributed by atoms with van der Waals surface area (Å²) in [6, 6.07) is 5.81. The van der Waals surface area contributed by atoms with E-state index >= 15 is 0 Å². The average molecular weight is 314 g/mol. The zero-order valence-corrected chi connectivity index (χ0v) is 11.1. The van der Waals surface area contributed by atoms with Crippen molar-refractivity contribution < 1.29 is 45.0 Å². The Morgan fingerprint density at radius 1 is 1.23 bits per heavy atom. The Morgan fingerprint density at radius 3 is 2.18 bits per heavy atom. The number of hydrogen-bond donors (Lipinski definition) is 6. The normalized spacial score (nSPS) is 18.3. The minimum absolute atomic E-state index is 0.0671. The lowest BCUT2D eigenvalue weighted by Gasteiger charge is -2.13. The Bertz CT molecular complexity index is 593. The maximum Gasteiger partial charge on any atom is 0.377 e. The molecule has 2 rings (SSSR count). The molecule has 1 aromatic rings. The fraction of sp³-hybridized carbons (Fsp3) is 0.231. The molecule has 0 saturated carbocycles. The van der Waals surface area contributed by atoms with E-state index in [0.717, 1.165) is 0 Å². The summed E-state index contributed by atoms with van der Waals surface area (Å²) in [5.41, 5.74) is -0.0671. The molecule has 0 spiro atoms. The molecule has 9 nitrogen and oxygen atoms in total. The van der Waals surface area contributed by atoms with Gasteiger partial charge in [-0.1, -0.05) is 12.1 Å². The van der Waals surface area contributed by atoms with Crippen LogP contribution in [0.2, 0.25) is 0 Å². The highest BCUT2D eigenvalue weighted by Gasteiger charge is 2.38. The standard InChI is InChI=1S/C7H6O3.C6H8O6/c8-6-4-2-1-3-5(6)7(9)10;7-1-2(8)5-3(9)4(10)6(11)12-5/h1-4,8H,(H,9,10);2,5,7-10H,1H2/t;2-,5+/m.0/s1. The molecule has 0 radical (unpaired) electrons. The van der Waals surface area contributed by atoms with Crippen molar-refractivity contribution >= 4 is 11.9 Å².